The third-order valence-electron chi connectivity index (χ3n) is 6.10. The Balaban J connectivity index is 1.70. The van der Waals surface area contributed by atoms with E-state index >= 15 is 0 Å². The van der Waals surface area contributed by atoms with Gasteiger partial charge in [0.05, 0.1) is 0 Å². The average Bonchev–Trinajstić information content (AvgIpc) is 3.17. The molecule has 0 saturated carbocycles. The Morgan fingerprint density at radius 2 is 1.64 bits per heavy atom. The molecule has 1 heterocycles. The molecule has 0 bridgehead atoms. The van der Waals surface area contributed by atoms with Gasteiger partial charge in [-0.15, -0.1) is 0 Å². The van der Waals surface area contributed by atoms with E-state index in [-0.39, 0.29) is 17.6 Å². The fraction of sp³-hybridized carbons (Fsp3) is 0.276. The normalized spacial score (nSPS) is 12.2. The molecule has 0 aliphatic rings. The minimum absolute atomic E-state index is 0.0184. The molecule has 1 amide bonds. The molecule has 0 unspecified atom stereocenters. The summed E-state index contributed by atoms with van der Waals surface area (Å²) in [5.74, 6) is 0.121. The van der Waals surface area contributed by atoms with Crippen molar-refractivity contribution in [1.29, 1.82) is 0 Å². The number of aromatic nitrogens is 1. The van der Waals surface area contributed by atoms with Crippen molar-refractivity contribution in [2.24, 2.45) is 5.92 Å². The van der Waals surface area contributed by atoms with E-state index in [0.29, 0.717) is 18.9 Å². The molecule has 4 rings (SSSR count). The van der Waals surface area contributed by atoms with Crippen molar-refractivity contribution in [2.45, 2.75) is 39.2 Å². The van der Waals surface area contributed by atoms with Gasteiger partial charge in [0, 0.05) is 42.5 Å². The highest BCUT2D eigenvalue weighted by Gasteiger charge is 2.23. The van der Waals surface area contributed by atoms with E-state index in [2.05, 4.69) is 54.2 Å². The highest BCUT2D eigenvalue weighted by Crippen LogP contribution is 2.35. The second-order valence-corrected chi connectivity index (χ2v) is 9.06. The lowest BCUT2D eigenvalue weighted by atomic mass is 9.88. The molecule has 1 N–H and O–H groups in total. The minimum atomic E-state index is -0.273. The molecule has 0 fully saturated rings. The first kappa shape index (κ1) is 22.8. The smallest absolute Gasteiger partial charge is 0.220 e. The van der Waals surface area contributed by atoms with Crippen molar-refractivity contribution in [1.82, 2.24) is 9.88 Å². The number of halogens is 1. The summed E-state index contributed by atoms with van der Waals surface area (Å²) in [7, 11) is 0. The van der Waals surface area contributed by atoms with Crippen LogP contribution >= 0.6 is 0 Å². The third-order valence-corrected chi connectivity index (χ3v) is 6.10. The monoisotopic (exact) mass is 442 g/mol. The predicted molar refractivity (Wildman–Crippen MR) is 133 cm³/mol. The number of rotatable bonds is 9. The molecule has 3 nitrogen and oxygen atoms in total. The molecule has 0 aliphatic heterocycles. The lowest BCUT2D eigenvalue weighted by Crippen LogP contribution is -2.27. The summed E-state index contributed by atoms with van der Waals surface area (Å²) in [4.78, 5) is 12.9. The van der Waals surface area contributed by atoms with Crippen molar-refractivity contribution in [3.8, 4) is 0 Å². The molecule has 0 spiro atoms. The fourth-order valence-electron chi connectivity index (χ4n) is 4.32. The van der Waals surface area contributed by atoms with Crippen molar-refractivity contribution in [3.05, 3.63) is 108 Å². The molecular formula is C29H31FN2O. The molecular weight excluding hydrogens is 411 g/mol. The van der Waals surface area contributed by atoms with Crippen LogP contribution in [-0.4, -0.2) is 17.0 Å². The number of hydrogen-bond donors (Lipinski definition) is 1. The van der Waals surface area contributed by atoms with Gasteiger partial charge in [0.2, 0.25) is 5.91 Å². The second-order valence-electron chi connectivity index (χ2n) is 9.06. The molecule has 0 saturated heterocycles. The Morgan fingerprint density at radius 1 is 0.939 bits per heavy atom. The van der Waals surface area contributed by atoms with Gasteiger partial charge in [-0.05, 0) is 47.2 Å². The Kier molecular flexibility index (Phi) is 7.23. The van der Waals surface area contributed by atoms with E-state index in [0.717, 1.165) is 35.0 Å². The van der Waals surface area contributed by atoms with Gasteiger partial charge in [0.1, 0.15) is 5.82 Å². The zero-order chi connectivity index (χ0) is 23.2. The Bertz CT molecular complexity index is 1200. The van der Waals surface area contributed by atoms with Crippen LogP contribution in [-0.2, 0) is 11.3 Å². The number of nitrogens with zero attached hydrogens (tertiary/aromatic N) is 1. The van der Waals surface area contributed by atoms with Crippen LogP contribution in [0.5, 0.6) is 0 Å². The maximum Gasteiger partial charge on any atom is 0.220 e. The number of carbonyl (C=O) groups is 1. The second kappa shape index (κ2) is 10.5. The van der Waals surface area contributed by atoms with E-state index in [9.17, 15) is 9.18 Å². The molecule has 1 atom stereocenters. The van der Waals surface area contributed by atoms with Crippen LogP contribution in [0.1, 0.15) is 49.3 Å². The van der Waals surface area contributed by atoms with Gasteiger partial charge in [-0.3, -0.25) is 4.79 Å². The highest BCUT2D eigenvalue weighted by atomic mass is 19.1. The van der Waals surface area contributed by atoms with Crippen LogP contribution in [0.4, 0.5) is 4.39 Å². The summed E-state index contributed by atoms with van der Waals surface area (Å²) in [6.07, 6.45) is 3.43. The molecule has 4 aromatic rings. The van der Waals surface area contributed by atoms with E-state index in [1.165, 1.54) is 17.7 Å². The number of hydrogen-bond acceptors (Lipinski definition) is 1. The summed E-state index contributed by atoms with van der Waals surface area (Å²) in [6.45, 7) is 5.71. The lowest BCUT2D eigenvalue weighted by molar-refractivity contribution is -0.121. The number of benzene rings is 3. The van der Waals surface area contributed by atoms with Crippen molar-refractivity contribution in [3.63, 3.8) is 0 Å². The molecule has 0 aliphatic carbocycles. The predicted octanol–water partition coefficient (Wildman–Crippen LogP) is 6.51. The van der Waals surface area contributed by atoms with Crippen molar-refractivity contribution >= 4 is 16.8 Å². The van der Waals surface area contributed by atoms with Gasteiger partial charge >= 0.3 is 0 Å². The first-order valence-electron chi connectivity index (χ1n) is 11.6. The van der Waals surface area contributed by atoms with Crippen LogP contribution in [0.15, 0.2) is 85.1 Å². The van der Waals surface area contributed by atoms with Crippen LogP contribution in [0.2, 0.25) is 0 Å². The minimum Gasteiger partial charge on any atom is -0.356 e. The number of nitrogens with one attached hydrogen (secondary N) is 1. The molecule has 0 radical (unpaired) electrons. The zero-order valence-electron chi connectivity index (χ0n) is 19.3. The number of amides is 1. The number of para-hydroxylation sites is 1. The van der Waals surface area contributed by atoms with Crippen LogP contribution in [0.25, 0.3) is 10.9 Å². The van der Waals surface area contributed by atoms with Crippen molar-refractivity contribution < 1.29 is 9.18 Å². The average molecular weight is 443 g/mol. The largest absolute Gasteiger partial charge is 0.356 e. The van der Waals surface area contributed by atoms with Gasteiger partial charge < -0.3 is 9.88 Å². The first-order chi connectivity index (χ1) is 16.0. The molecule has 3 aromatic carbocycles. The quantitative estimate of drug-likeness (QED) is 0.315. The third kappa shape index (κ3) is 5.70. The fourth-order valence-corrected chi connectivity index (χ4v) is 4.32. The summed E-state index contributed by atoms with van der Waals surface area (Å²) >= 11 is 0. The maximum absolute atomic E-state index is 13.7. The Labute approximate surface area is 195 Å². The zero-order valence-corrected chi connectivity index (χ0v) is 19.3. The van der Waals surface area contributed by atoms with Gasteiger partial charge in [-0.25, -0.2) is 4.39 Å². The Hall–Kier alpha value is -3.40. The van der Waals surface area contributed by atoms with E-state index in [1.54, 1.807) is 12.1 Å². The standard InChI is InChI=1S/C29H31FN2O/c1-21(2)16-17-31-29(33)18-26(23-12-14-24(30)15-13-23)27-20-32(19-22-8-4-3-5-9-22)28-11-7-6-10-25(27)28/h3-15,20-21,26H,16-19H2,1-2H3,(H,31,33)/t26-/m0/s1. The van der Waals surface area contributed by atoms with Gasteiger partial charge in [-0.1, -0.05) is 74.5 Å². The lowest BCUT2D eigenvalue weighted by Gasteiger charge is -2.18. The number of fused-ring (bicyclic) bond motifs is 1. The molecule has 1 aromatic heterocycles. The van der Waals surface area contributed by atoms with Crippen LogP contribution in [0.3, 0.4) is 0 Å². The van der Waals surface area contributed by atoms with Crippen molar-refractivity contribution in [2.75, 3.05) is 6.54 Å². The maximum atomic E-state index is 13.7. The first-order valence-corrected chi connectivity index (χ1v) is 11.6. The van der Waals surface area contributed by atoms with Crippen LogP contribution < -0.4 is 5.32 Å². The van der Waals surface area contributed by atoms with Crippen LogP contribution in [0, 0.1) is 11.7 Å². The van der Waals surface area contributed by atoms with E-state index in [4.69, 9.17) is 0 Å². The summed E-state index contributed by atoms with van der Waals surface area (Å²) in [6, 6.07) is 25.2. The topological polar surface area (TPSA) is 34.0 Å². The van der Waals surface area contributed by atoms with E-state index in [1.807, 2.05) is 30.3 Å². The highest BCUT2D eigenvalue weighted by molar-refractivity contribution is 5.86. The molecule has 170 valence electrons. The SMILES string of the molecule is CC(C)CCNC(=O)C[C@@H](c1ccc(F)cc1)c1cn(Cc2ccccc2)c2ccccc12. The molecule has 4 heteroatoms. The summed E-state index contributed by atoms with van der Waals surface area (Å²) in [5, 5.41) is 4.19. The van der Waals surface area contributed by atoms with Gasteiger partial charge in [-0.2, -0.15) is 0 Å². The number of carbonyl (C=O) groups excluding carboxylic acids is 1. The Morgan fingerprint density at radius 3 is 2.36 bits per heavy atom. The molecule has 33 heavy (non-hydrogen) atoms. The summed E-state index contributed by atoms with van der Waals surface area (Å²) in [5.41, 5.74) is 4.38. The van der Waals surface area contributed by atoms with Gasteiger partial charge in [0.25, 0.3) is 0 Å². The van der Waals surface area contributed by atoms with E-state index < -0.39 is 0 Å². The summed E-state index contributed by atoms with van der Waals surface area (Å²) < 4.78 is 15.9. The van der Waals surface area contributed by atoms with Gasteiger partial charge in [0.15, 0.2) is 0 Å².